The van der Waals surface area contributed by atoms with E-state index in [2.05, 4.69) is 47.6 Å². The van der Waals surface area contributed by atoms with E-state index in [1.54, 1.807) is 0 Å². The number of aryl methyl sites for hydroxylation is 1. The average molecular weight is 254 g/mol. The maximum absolute atomic E-state index is 6.07. The van der Waals surface area contributed by atoms with E-state index < -0.39 is 0 Å². The molecule has 2 N–H and O–H groups in total. The third-order valence-electron chi connectivity index (χ3n) is 2.23. The van der Waals surface area contributed by atoms with Crippen LogP contribution < -0.4 is 5.73 Å². The van der Waals surface area contributed by atoms with Crippen molar-refractivity contribution >= 4 is 15.9 Å². The summed E-state index contributed by atoms with van der Waals surface area (Å²) in [6.45, 7) is 5.78. The number of rotatable bonds is 4. The van der Waals surface area contributed by atoms with E-state index in [4.69, 9.17) is 5.73 Å². The van der Waals surface area contributed by atoms with Gasteiger partial charge in [0.25, 0.3) is 0 Å². The van der Waals surface area contributed by atoms with Crippen molar-refractivity contribution in [3.8, 4) is 0 Å². The molecule has 1 rings (SSSR count). The second-order valence-corrected chi connectivity index (χ2v) is 4.35. The first-order valence-corrected chi connectivity index (χ1v) is 5.57. The minimum Gasteiger partial charge on any atom is -0.324 e. The minimum atomic E-state index is 0.0993. The van der Waals surface area contributed by atoms with Gasteiger partial charge in [0.05, 0.1) is 0 Å². The third-order valence-corrected chi connectivity index (χ3v) is 2.95. The summed E-state index contributed by atoms with van der Waals surface area (Å²) < 4.78 is 1.10. The summed E-state index contributed by atoms with van der Waals surface area (Å²) in [6, 6.07) is 6.37. The molecule has 0 bridgehead atoms. The van der Waals surface area contributed by atoms with Crippen molar-refractivity contribution in [2.75, 3.05) is 0 Å². The minimum absolute atomic E-state index is 0.0993. The van der Waals surface area contributed by atoms with Crippen LogP contribution in [0.2, 0.25) is 0 Å². The summed E-state index contributed by atoms with van der Waals surface area (Å²) in [6.07, 6.45) is 3.82. The van der Waals surface area contributed by atoms with E-state index in [1.807, 2.05) is 6.08 Å². The van der Waals surface area contributed by atoms with Crippen molar-refractivity contribution in [3.63, 3.8) is 0 Å². The highest BCUT2D eigenvalue weighted by molar-refractivity contribution is 9.10. The summed E-state index contributed by atoms with van der Waals surface area (Å²) in [5, 5.41) is 0. The van der Waals surface area contributed by atoms with Gasteiger partial charge in [0, 0.05) is 10.5 Å². The molecule has 0 saturated carbocycles. The number of allylic oxidation sites excluding steroid dienone is 1. The first kappa shape index (κ1) is 11.5. The van der Waals surface area contributed by atoms with Gasteiger partial charge in [-0.25, -0.2) is 0 Å². The molecule has 1 aromatic rings. The Bertz CT molecular complexity index is 320. The summed E-state index contributed by atoms with van der Waals surface area (Å²) in [4.78, 5) is 0. The molecule has 1 nitrogen and oxygen atoms in total. The van der Waals surface area contributed by atoms with Crippen molar-refractivity contribution in [1.82, 2.24) is 0 Å². The van der Waals surface area contributed by atoms with Crippen LogP contribution in [-0.4, -0.2) is 0 Å². The number of hydrogen-bond donors (Lipinski definition) is 1. The van der Waals surface area contributed by atoms with Crippen LogP contribution in [0.1, 0.15) is 30.0 Å². The summed E-state index contributed by atoms with van der Waals surface area (Å²) >= 11 is 3.52. The van der Waals surface area contributed by atoms with Crippen LogP contribution in [0.15, 0.2) is 35.3 Å². The van der Waals surface area contributed by atoms with Crippen molar-refractivity contribution in [2.45, 2.75) is 25.8 Å². The lowest BCUT2D eigenvalue weighted by atomic mass is 10.0. The topological polar surface area (TPSA) is 26.0 Å². The van der Waals surface area contributed by atoms with E-state index >= 15 is 0 Å². The fraction of sp³-hybridized carbons (Fsp3) is 0.333. The molecular weight excluding hydrogens is 238 g/mol. The molecule has 14 heavy (non-hydrogen) atoms. The largest absolute Gasteiger partial charge is 0.324 e. The van der Waals surface area contributed by atoms with Gasteiger partial charge in [-0.1, -0.05) is 39.7 Å². The molecule has 2 heteroatoms. The molecular formula is C12H16BrN. The van der Waals surface area contributed by atoms with Gasteiger partial charge >= 0.3 is 0 Å². The standard InChI is InChI=1S/C12H16BrN/c1-3-4-5-12(14)10-8-9(2)6-7-11(10)13/h3,6-8,12H,1,4-5,14H2,2H3. The van der Waals surface area contributed by atoms with Gasteiger partial charge < -0.3 is 5.73 Å². The van der Waals surface area contributed by atoms with Crippen LogP contribution in [-0.2, 0) is 0 Å². The molecule has 0 fully saturated rings. The zero-order valence-electron chi connectivity index (χ0n) is 8.46. The van der Waals surface area contributed by atoms with E-state index in [0.29, 0.717) is 0 Å². The SMILES string of the molecule is C=CCCC(N)c1cc(C)ccc1Br. The van der Waals surface area contributed by atoms with Crippen LogP contribution in [0.5, 0.6) is 0 Å². The predicted octanol–water partition coefficient (Wildman–Crippen LogP) is 3.72. The Morgan fingerprint density at radius 2 is 2.29 bits per heavy atom. The molecule has 0 aliphatic heterocycles. The average Bonchev–Trinajstić information content (AvgIpc) is 2.18. The van der Waals surface area contributed by atoms with E-state index in [-0.39, 0.29) is 6.04 Å². The number of halogens is 1. The van der Waals surface area contributed by atoms with Gasteiger partial charge in [0.1, 0.15) is 0 Å². The van der Waals surface area contributed by atoms with Crippen molar-refractivity contribution in [1.29, 1.82) is 0 Å². The van der Waals surface area contributed by atoms with Gasteiger partial charge in [-0.15, -0.1) is 6.58 Å². The summed E-state index contributed by atoms with van der Waals surface area (Å²) in [5.74, 6) is 0. The molecule has 0 spiro atoms. The zero-order chi connectivity index (χ0) is 10.6. The first-order valence-electron chi connectivity index (χ1n) is 4.77. The highest BCUT2D eigenvalue weighted by Crippen LogP contribution is 2.25. The summed E-state index contributed by atoms with van der Waals surface area (Å²) in [7, 11) is 0. The maximum Gasteiger partial charge on any atom is 0.0309 e. The lowest BCUT2D eigenvalue weighted by Gasteiger charge is -2.13. The Balaban J connectivity index is 2.82. The van der Waals surface area contributed by atoms with Gasteiger partial charge in [0.15, 0.2) is 0 Å². The van der Waals surface area contributed by atoms with Gasteiger partial charge in [-0.05, 0) is 31.4 Å². The molecule has 1 aromatic carbocycles. The molecule has 0 amide bonds. The first-order chi connectivity index (χ1) is 6.65. The smallest absolute Gasteiger partial charge is 0.0309 e. The molecule has 76 valence electrons. The molecule has 0 aliphatic rings. The van der Waals surface area contributed by atoms with Crippen molar-refractivity contribution in [2.24, 2.45) is 5.73 Å². The number of nitrogens with two attached hydrogens (primary N) is 1. The van der Waals surface area contributed by atoms with Crippen molar-refractivity contribution in [3.05, 3.63) is 46.5 Å². The van der Waals surface area contributed by atoms with Crippen LogP contribution in [0, 0.1) is 6.92 Å². The molecule has 0 aliphatic carbocycles. The molecule has 0 heterocycles. The van der Waals surface area contributed by atoms with Gasteiger partial charge in [-0.3, -0.25) is 0 Å². The summed E-state index contributed by atoms with van der Waals surface area (Å²) in [5.41, 5.74) is 8.51. The highest BCUT2D eigenvalue weighted by atomic mass is 79.9. The molecule has 0 radical (unpaired) electrons. The van der Waals surface area contributed by atoms with E-state index in [1.165, 1.54) is 11.1 Å². The van der Waals surface area contributed by atoms with Crippen molar-refractivity contribution < 1.29 is 0 Å². The third kappa shape index (κ3) is 2.96. The highest BCUT2D eigenvalue weighted by Gasteiger charge is 2.08. The Labute approximate surface area is 94.1 Å². The quantitative estimate of drug-likeness (QED) is 0.814. The van der Waals surface area contributed by atoms with Gasteiger partial charge in [0.2, 0.25) is 0 Å². The lowest BCUT2D eigenvalue weighted by molar-refractivity contribution is 0.658. The second-order valence-electron chi connectivity index (χ2n) is 3.50. The number of hydrogen-bond acceptors (Lipinski definition) is 1. The van der Waals surface area contributed by atoms with Crippen LogP contribution in [0.3, 0.4) is 0 Å². The van der Waals surface area contributed by atoms with E-state index in [0.717, 1.165) is 17.3 Å². The Kier molecular flexibility index (Phi) is 4.36. The Hall–Kier alpha value is -0.600. The van der Waals surface area contributed by atoms with Crippen LogP contribution in [0.25, 0.3) is 0 Å². The molecule has 0 aromatic heterocycles. The van der Waals surface area contributed by atoms with Crippen LogP contribution in [0.4, 0.5) is 0 Å². The second kappa shape index (κ2) is 5.32. The number of benzene rings is 1. The monoisotopic (exact) mass is 253 g/mol. The Morgan fingerprint density at radius 3 is 2.93 bits per heavy atom. The molecule has 1 atom stereocenters. The fourth-order valence-corrected chi connectivity index (χ4v) is 1.94. The lowest BCUT2D eigenvalue weighted by Crippen LogP contribution is -2.10. The maximum atomic E-state index is 6.07. The van der Waals surface area contributed by atoms with Gasteiger partial charge in [-0.2, -0.15) is 0 Å². The van der Waals surface area contributed by atoms with E-state index in [9.17, 15) is 0 Å². The fourth-order valence-electron chi connectivity index (χ4n) is 1.40. The molecule has 1 unspecified atom stereocenters. The predicted molar refractivity (Wildman–Crippen MR) is 65.2 cm³/mol. The Morgan fingerprint density at radius 1 is 1.57 bits per heavy atom. The van der Waals surface area contributed by atoms with Crippen LogP contribution >= 0.6 is 15.9 Å². The molecule has 0 saturated heterocycles. The normalized spacial score (nSPS) is 12.5. The zero-order valence-corrected chi connectivity index (χ0v) is 10.0.